The van der Waals surface area contributed by atoms with Gasteiger partial charge < -0.3 is 19.9 Å². The fourth-order valence-corrected chi connectivity index (χ4v) is 3.18. The molecule has 0 bridgehead atoms. The Bertz CT molecular complexity index is 766. The van der Waals surface area contributed by atoms with E-state index in [-0.39, 0.29) is 30.3 Å². The van der Waals surface area contributed by atoms with Gasteiger partial charge in [0.15, 0.2) is 0 Å². The number of amides is 2. The van der Waals surface area contributed by atoms with E-state index in [1.807, 2.05) is 0 Å². The molecule has 0 atom stereocenters. The normalized spacial score (nSPS) is 15.4. The fraction of sp³-hybridized carbons (Fsp3) is 0.444. The van der Waals surface area contributed by atoms with E-state index in [0.717, 1.165) is 10.9 Å². The minimum atomic E-state index is -0.307. The van der Waals surface area contributed by atoms with Crippen molar-refractivity contribution < 1.29 is 18.7 Å². The van der Waals surface area contributed by atoms with Crippen LogP contribution in [-0.4, -0.2) is 47.6 Å². The SMILES string of the molecule is CCOC(=O)N1CCC(NC(=O)Cc2c[nH]c3cc(F)ccc23)CC1. The lowest BCUT2D eigenvalue weighted by atomic mass is 10.0. The first-order valence-electron chi connectivity index (χ1n) is 8.53. The van der Waals surface area contributed by atoms with Gasteiger partial charge in [0.25, 0.3) is 0 Å². The van der Waals surface area contributed by atoms with Gasteiger partial charge in [0, 0.05) is 36.2 Å². The number of nitrogens with one attached hydrogen (secondary N) is 2. The summed E-state index contributed by atoms with van der Waals surface area (Å²) >= 11 is 0. The highest BCUT2D eigenvalue weighted by Crippen LogP contribution is 2.20. The van der Waals surface area contributed by atoms with Gasteiger partial charge in [-0.25, -0.2) is 9.18 Å². The third kappa shape index (κ3) is 4.10. The van der Waals surface area contributed by atoms with Gasteiger partial charge >= 0.3 is 6.09 Å². The second kappa shape index (κ2) is 7.55. The first-order valence-corrected chi connectivity index (χ1v) is 8.53. The van der Waals surface area contributed by atoms with E-state index in [1.54, 1.807) is 24.1 Å². The zero-order valence-electron chi connectivity index (χ0n) is 14.2. The van der Waals surface area contributed by atoms with Crippen molar-refractivity contribution in [3.63, 3.8) is 0 Å². The molecular weight excluding hydrogens is 325 g/mol. The van der Waals surface area contributed by atoms with Gasteiger partial charge in [0.2, 0.25) is 5.91 Å². The maximum absolute atomic E-state index is 13.2. The van der Waals surface area contributed by atoms with Gasteiger partial charge in [-0.15, -0.1) is 0 Å². The number of benzene rings is 1. The summed E-state index contributed by atoms with van der Waals surface area (Å²) in [5.41, 5.74) is 1.53. The molecule has 1 aromatic carbocycles. The van der Waals surface area contributed by atoms with Crippen LogP contribution in [0.15, 0.2) is 24.4 Å². The minimum Gasteiger partial charge on any atom is -0.450 e. The Morgan fingerprint density at radius 1 is 1.36 bits per heavy atom. The van der Waals surface area contributed by atoms with Crippen molar-refractivity contribution in [3.05, 3.63) is 35.8 Å². The highest BCUT2D eigenvalue weighted by molar-refractivity contribution is 5.89. The Hall–Kier alpha value is -2.57. The van der Waals surface area contributed by atoms with Crippen molar-refractivity contribution in [1.82, 2.24) is 15.2 Å². The molecule has 2 aromatic rings. The molecule has 1 aromatic heterocycles. The number of hydrogen-bond acceptors (Lipinski definition) is 3. The maximum Gasteiger partial charge on any atom is 0.409 e. The van der Waals surface area contributed by atoms with Gasteiger partial charge in [-0.1, -0.05) is 0 Å². The Morgan fingerprint density at radius 3 is 2.84 bits per heavy atom. The molecule has 3 rings (SSSR count). The number of rotatable bonds is 4. The average molecular weight is 347 g/mol. The molecule has 1 fully saturated rings. The maximum atomic E-state index is 13.2. The van der Waals surface area contributed by atoms with Gasteiger partial charge in [0.1, 0.15) is 5.82 Å². The third-order valence-corrected chi connectivity index (χ3v) is 4.47. The van der Waals surface area contributed by atoms with Crippen LogP contribution in [0, 0.1) is 5.82 Å². The van der Waals surface area contributed by atoms with E-state index >= 15 is 0 Å². The molecule has 134 valence electrons. The molecule has 2 N–H and O–H groups in total. The first kappa shape index (κ1) is 17.3. The van der Waals surface area contributed by atoms with Crippen LogP contribution in [0.4, 0.5) is 9.18 Å². The predicted molar refractivity (Wildman–Crippen MR) is 91.7 cm³/mol. The van der Waals surface area contributed by atoms with Crippen LogP contribution in [0.25, 0.3) is 10.9 Å². The number of piperidine rings is 1. The summed E-state index contributed by atoms with van der Waals surface area (Å²) in [7, 11) is 0. The number of ether oxygens (including phenoxy) is 1. The number of H-pyrrole nitrogens is 1. The quantitative estimate of drug-likeness (QED) is 0.893. The molecule has 0 saturated carbocycles. The molecule has 0 radical (unpaired) electrons. The monoisotopic (exact) mass is 347 g/mol. The number of nitrogens with zero attached hydrogens (tertiary/aromatic N) is 1. The van der Waals surface area contributed by atoms with Crippen molar-refractivity contribution in [3.8, 4) is 0 Å². The molecule has 2 heterocycles. The Kier molecular flexibility index (Phi) is 5.21. The van der Waals surface area contributed by atoms with E-state index in [9.17, 15) is 14.0 Å². The lowest BCUT2D eigenvalue weighted by Gasteiger charge is -2.31. The molecule has 25 heavy (non-hydrogen) atoms. The zero-order valence-corrected chi connectivity index (χ0v) is 14.2. The average Bonchev–Trinajstić information content (AvgIpc) is 2.97. The van der Waals surface area contributed by atoms with Crippen molar-refractivity contribution in [1.29, 1.82) is 0 Å². The van der Waals surface area contributed by atoms with Crippen LogP contribution in [0.5, 0.6) is 0 Å². The van der Waals surface area contributed by atoms with Crippen LogP contribution < -0.4 is 5.32 Å². The number of likely N-dealkylation sites (tertiary alicyclic amines) is 1. The number of fused-ring (bicyclic) bond motifs is 1. The highest BCUT2D eigenvalue weighted by atomic mass is 19.1. The van der Waals surface area contributed by atoms with Gasteiger partial charge in [-0.3, -0.25) is 4.79 Å². The van der Waals surface area contributed by atoms with Gasteiger partial charge in [-0.2, -0.15) is 0 Å². The van der Waals surface area contributed by atoms with Crippen molar-refractivity contribution >= 4 is 22.9 Å². The zero-order chi connectivity index (χ0) is 17.8. The van der Waals surface area contributed by atoms with Gasteiger partial charge in [-0.05, 0) is 43.5 Å². The summed E-state index contributed by atoms with van der Waals surface area (Å²) in [6.07, 6.45) is 3.11. The Morgan fingerprint density at radius 2 is 2.12 bits per heavy atom. The topological polar surface area (TPSA) is 74.4 Å². The summed E-state index contributed by atoms with van der Waals surface area (Å²) in [5, 5.41) is 3.87. The molecule has 0 unspecified atom stereocenters. The number of hydrogen-bond donors (Lipinski definition) is 2. The summed E-state index contributed by atoms with van der Waals surface area (Å²) < 4.78 is 18.2. The van der Waals surface area contributed by atoms with Crippen molar-refractivity contribution in [2.24, 2.45) is 0 Å². The lowest BCUT2D eigenvalue weighted by molar-refractivity contribution is -0.121. The standard InChI is InChI=1S/C18H22FN3O3/c1-2-25-18(24)22-7-5-14(6-8-22)21-17(23)9-12-11-20-16-10-13(19)3-4-15(12)16/h3-4,10-11,14,20H,2,5-9H2,1H3,(H,21,23). The van der Waals surface area contributed by atoms with E-state index in [0.29, 0.717) is 38.1 Å². The minimum absolute atomic E-state index is 0.0563. The van der Waals surface area contributed by atoms with Crippen molar-refractivity contribution in [2.45, 2.75) is 32.2 Å². The van der Waals surface area contributed by atoms with Crippen LogP contribution in [0.2, 0.25) is 0 Å². The molecule has 1 aliphatic rings. The van der Waals surface area contributed by atoms with E-state index in [1.165, 1.54) is 12.1 Å². The molecular formula is C18H22FN3O3. The number of carbonyl (C=O) groups is 2. The number of carbonyl (C=O) groups excluding carboxylic acids is 2. The molecule has 0 aliphatic carbocycles. The van der Waals surface area contributed by atoms with Crippen LogP contribution in [0.1, 0.15) is 25.3 Å². The largest absolute Gasteiger partial charge is 0.450 e. The summed E-state index contributed by atoms with van der Waals surface area (Å²) in [5.74, 6) is -0.376. The van der Waals surface area contributed by atoms with Crippen molar-refractivity contribution in [2.75, 3.05) is 19.7 Å². The second-order valence-corrected chi connectivity index (χ2v) is 6.21. The first-order chi connectivity index (χ1) is 12.1. The van der Waals surface area contributed by atoms with Gasteiger partial charge in [0.05, 0.1) is 13.0 Å². The highest BCUT2D eigenvalue weighted by Gasteiger charge is 2.24. The van der Waals surface area contributed by atoms with E-state index in [4.69, 9.17) is 4.74 Å². The molecule has 1 aliphatic heterocycles. The smallest absolute Gasteiger partial charge is 0.409 e. The molecule has 7 heteroatoms. The van der Waals surface area contributed by atoms with E-state index < -0.39 is 0 Å². The second-order valence-electron chi connectivity index (χ2n) is 6.21. The Balaban J connectivity index is 1.52. The summed E-state index contributed by atoms with van der Waals surface area (Å²) in [6, 6.07) is 4.55. The summed E-state index contributed by atoms with van der Waals surface area (Å²) in [4.78, 5) is 28.6. The number of halogens is 1. The van der Waals surface area contributed by atoms with Crippen LogP contribution in [0.3, 0.4) is 0 Å². The fourth-order valence-electron chi connectivity index (χ4n) is 3.18. The molecule has 6 nitrogen and oxygen atoms in total. The lowest BCUT2D eigenvalue weighted by Crippen LogP contribution is -2.47. The molecule has 0 spiro atoms. The molecule has 1 saturated heterocycles. The Labute approximate surface area is 145 Å². The number of aromatic nitrogens is 1. The molecule has 2 amide bonds. The van der Waals surface area contributed by atoms with Crippen LogP contribution >= 0.6 is 0 Å². The predicted octanol–water partition coefficient (Wildman–Crippen LogP) is 2.59. The van der Waals surface area contributed by atoms with E-state index in [2.05, 4.69) is 10.3 Å². The number of aromatic amines is 1. The van der Waals surface area contributed by atoms with Crippen LogP contribution in [-0.2, 0) is 16.0 Å². The third-order valence-electron chi connectivity index (χ3n) is 4.47. The summed E-state index contributed by atoms with van der Waals surface area (Å²) in [6.45, 7) is 3.31.